The molecule has 1 N–H and O–H groups in total. The van der Waals surface area contributed by atoms with E-state index in [9.17, 15) is 19.3 Å². The van der Waals surface area contributed by atoms with Gasteiger partial charge >= 0.3 is 0 Å². The predicted octanol–water partition coefficient (Wildman–Crippen LogP) is 3.80. The number of amides is 1. The van der Waals surface area contributed by atoms with Gasteiger partial charge in [0.1, 0.15) is 11.4 Å². The second kappa shape index (κ2) is 10.5. The molecule has 0 bridgehead atoms. The van der Waals surface area contributed by atoms with Crippen molar-refractivity contribution < 1.29 is 23.6 Å². The Morgan fingerprint density at radius 1 is 1.29 bits per heavy atom. The number of ether oxygens (including phenoxy) is 2. The first-order valence-electron chi connectivity index (χ1n) is 8.56. The van der Waals surface area contributed by atoms with E-state index >= 15 is 0 Å². The molecule has 2 aromatic rings. The van der Waals surface area contributed by atoms with Crippen LogP contribution in [0.1, 0.15) is 22.8 Å². The van der Waals surface area contributed by atoms with Gasteiger partial charge in [0.15, 0.2) is 11.5 Å². The van der Waals surface area contributed by atoms with Crippen molar-refractivity contribution in [3.8, 4) is 11.5 Å². The van der Waals surface area contributed by atoms with Crippen molar-refractivity contribution in [3.63, 3.8) is 0 Å². The number of hydrogen-bond acceptors (Lipinski definition) is 6. The molecule has 0 aromatic heterocycles. The Morgan fingerprint density at radius 3 is 2.68 bits per heavy atom. The number of carbonyl (C=O) groups is 1. The van der Waals surface area contributed by atoms with Crippen LogP contribution in [0, 0.1) is 15.9 Å². The number of benzene rings is 2. The van der Waals surface area contributed by atoms with Gasteiger partial charge in [-0.05, 0) is 18.6 Å². The van der Waals surface area contributed by atoms with Gasteiger partial charge in [-0.25, -0.2) is 4.39 Å². The van der Waals surface area contributed by atoms with Crippen molar-refractivity contribution in [2.45, 2.75) is 12.7 Å². The number of carbonyl (C=O) groups excluding carboxylic acids is 1. The quantitative estimate of drug-likeness (QED) is 0.365. The van der Waals surface area contributed by atoms with E-state index in [-0.39, 0.29) is 35.1 Å². The third kappa shape index (κ3) is 5.59. The Labute approximate surface area is 166 Å². The minimum Gasteiger partial charge on any atom is -0.493 e. The summed E-state index contributed by atoms with van der Waals surface area (Å²) >= 11 is 1.45. The number of thioether (sulfide) groups is 1. The number of nitro groups is 1. The molecule has 0 radical (unpaired) electrons. The molecule has 0 aliphatic carbocycles. The molecule has 9 heteroatoms. The summed E-state index contributed by atoms with van der Waals surface area (Å²) in [4.78, 5) is 23.1. The lowest BCUT2D eigenvalue weighted by molar-refractivity contribution is -0.385. The Hall–Kier alpha value is -2.81. The van der Waals surface area contributed by atoms with Crippen LogP contribution in [0.3, 0.4) is 0 Å². The number of rotatable bonds is 10. The van der Waals surface area contributed by atoms with Gasteiger partial charge in [0.25, 0.3) is 11.6 Å². The molecule has 0 aliphatic rings. The minimum atomic E-state index is -0.635. The van der Waals surface area contributed by atoms with Crippen molar-refractivity contribution in [1.82, 2.24) is 5.32 Å². The molecule has 7 nitrogen and oxygen atoms in total. The van der Waals surface area contributed by atoms with Gasteiger partial charge in [-0.1, -0.05) is 18.2 Å². The topological polar surface area (TPSA) is 90.7 Å². The summed E-state index contributed by atoms with van der Waals surface area (Å²) in [5, 5.41) is 14.0. The van der Waals surface area contributed by atoms with Crippen LogP contribution in [0.2, 0.25) is 0 Å². The fourth-order valence-corrected chi connectivity index (χ4v) is 3.28. The molecule has 0 atom stereocenters. The maximum Gasteiger partial charge on any atom is 0.286 e. The van der Waals surface area contributed by atoms with E-state index in [1.165, 1.54) is 37.1 Å². The molecular weight excluding hydrogens is 387 g/mol. The van der Waals surface area contributed by atoms with Gasteiger partial charge in [0.2, 0.25) is 0 Å². The highest BCUT2D eigenvalue weighted by Crippen LogP contribution is 2.34. The molecule has 1 amide bonds. The van der Waals surface area contributed by atoms with Gasteiger partial charge in [-0.2, -0.15) is 11.8 Å². The zero-order chi connectivity index (χ0) is 20.5. The Kier molecular flexibility index (Phi) is 8.06. The van der Waals surface area contributed by atoms with Crippen LogP contribution in [0.5, 0.6) is 11.5 Å². The Balaban J connectivity index is 1.99. The van der Waals surface area contributed by atoms with E-state index in [4.69, 9.17) is 9.47 Å². The Bertz CT molecular complexity index is 847. The van der Waals surface area contributed by atoms with Gasteiger partial charge in [-0.15, -0.1) is 0 Å². The molecule has 0 saturated heterocycles. The summed E-state index contributed by atoms with van der Waals surface area (Å²) in [6.45, 7) is 2.33. The van der Waals surface area contributed by atoms with E-state index in [1.807, 2.05) is 0 Å². The van der Waals surface area contributed by atoms with Crippen LogP contribution in [0.15, 0.2) is 36.4 Å². The van der Waals surface area contributed by atoms with Crippen LogP contribution >= 0.6 is 11.8 Å². The fourth-order valence-electron chi connectivity index (χ4n) is 2.44. The van der Waals surface area contributed by atoms with Gasteiger partial charge < -0.3 is 14.8 Å². The first-order chi connectivity index (χ1) is 13.5. The van der Waals surface area contributed by atoms with Crippen LogP contribution in [-0.2, 0) is 5.75 Å². The van der Waals surface area contributed by atoms with Crippen molar-refractivity contribution in [2.24, 2.45) is 0 Å². The lowest BCUT2D eigenvalue weighted by Gasteiger charge is -2.12. The largest absolute Gasteiger partial charge is 0.493 e. The maximum atomic E-state index is 13.6. The standard InChI is InChI=1S/C19H21FN2O5S/c1-3-27-18-11-16(22(24)25)14(10-17(18)26-2)19(23)21-8-9-28-12-13-6-4-5-7-15(13)20/h4-7,10-11H,3,8-9,12H2,1-2H3,(H,21,23). The number of nitrogens with one attached hydrogen (secondary N) is 1. The molecule has 150 valence electrons. The third-order valence-corrected chi connectivity index (χ3v) is 4.78. The molecule has 2 rings (SSSR count). The zero-order valence-electron chi connectivity index (χ0n) is 15.6. The first-order valence-corrected chi connectivity index (χ1v) is 9.72. The van der Waals surface area contributed by atoms with Crippen molar-refractivity contribution >= 4 is 23.4 Å². The highest BCUT2D eigenvalue weighted by molar-refractivity contribution is 7.98. The van der Waals surface area contributed by atoms with Crippen molar-refractivity contribution in [1.29, 1.82) is 0 Å². The monoisotopic (exact) mass is 408 g/mol. The summed E-state index contributed by atoms with van der Waals surface area (Å²) in [6, 6.07) is 8.97. The van der Waals surface area contributed by atoms with Crippen molar-refractivity contribution in [3.05, 3.63) is 63.5 Å². The summed E-state index contributed by atoms with van der Waals surface area (Å²) in [7, 11) is 1.39. The van der Waals surface area contributed by atoms with E-state index in [0.29, 0.717) is 23.7 Å². The molecule has 2 aromatic carbocycles. The third-order valence-electron chi connectivity index (χ3n) is 3.77. The highest BCUT2D eigenvalue weighted by atomic mass is 32.2. The van der Waals surface area contributed by atoms with Gasteiger partial charge in [0.05, 0.1) is 24.7 Å². The van der Waals surface area contributed by atoms with Crippen LogP contribution in [0.25, 0.3) is 0 Å². The maximum absolute atomic E-state index is 13.6. The molecule has 0 fully saturated rings. The average molecular weight is 408 g/mol. The minimum absolute atomic E-state index is 0.107. The zero-order valence-corrected chi connectivity index (χ0v) is 16.4. The molecule has 0 saturated carbocycles. The molecular formula is C19H21FN2O5S. The first kappa shape index (κ1) is 21.5. The molecule has 0 spiro atoms. The molecule has 0 unspecified atom stereocenters. The summed E-state index contributed by atoms with van der Waals surface area (Å²) in [6.07, 6.45) is 0. The number of nitrogens with zero attached hydrogens (tertiary/aromatic N) is 1. The average Bonchev–Trinajstić information content (AvgIpc) is 2.68. The summed E-state index contributed by atoms with van der Waals surface area (Å²) in [5.41, 5.74) is 0.121. The van der Waals surface area contributed by atoms with E-state index in [2.05, 4.69) is 5.32 Å². The number of nitro benzene ring substituents is 1. The summed E-state index contributed by atoms with van der Waals surface area (Å²) in [5.74, 6) is 0.595. The lowest BCUT2D eigenvalue weighted by atomic mass is 10.1. The van der Waals surface area contributed by atoms with Gasteiger partial charge in [-0.3, -0.25) is 14.9 Å². The predicted molar refractivity (Wildman–Crippen MR) is 106 cm³/mol. The summed E-state index contributed by atoms with van der Waals surface area (Å²) < 4.78 is 24.0. The smallest absolute Gasteiger partial charge is 0.286 e. The van der Waals surface area contributed by atoms with Crippen LogP contribution in [0.4, 0.5) is 10.1 Å². The molecule has 28 heavy (non-hydrogen) atoms. The fraction of sp³-hybridized carbons (Fsp3) is 0.316. The van der Waals surface area contributed by atoms with Crippen molar-refractivity contribution in [2.75, 3.05) is 26.0 Å². The lowest BCUT2D eigenvalue weighted by Crippen LogP contribution is -2.26. The SMILES string of the molecule is CCOc1cc([N+](=O)[O-])c(C(=O)NCCSCc2ccccc2F)cc1OC. The second-order valence-corrected chi connectivity index (χ2v) is 6.72. The van der Waals surface area contributed by atoms with Crippen LogP contribution in [-0.4, -0.2) is 36.8 Å². The number of methoxy groups -OCH3 is 1. The van der Waals surface area contributed by atoms with Gasteiger partial charge in [0, 0.05) is 24.1 Å². The van der Waals surface area contributed by atoms with E-state index in [1.54, 1.807) is 25.1 Å². The molecule has 0 aliphatic heterocycles. The number of halogens is 1. The molecule has 0 heterocycles. The van der Waals surface area contributed by atoms with E-state index in [0.717, 1.165) is 0 Å². The normalized spacial score (nSPS) is 10.4. The van der Waals surface area contributed by atoms with Crippen LogP contribution < -0.4 is 14.8 Å². The highest BCUT2D eigenvalue weighted by Gasteiger charge is 2.24. The van der Waals surface area contributed by atoms with E-state index < -0.39 is 10.8 Å². The number of hydrogen-bond donors (Lipinski definition) is 1. The second-order valence-electron chi connectivity index (χ2n) is 5.61. The Morgan fingerprint density at radius 2 is 2.04 bits per heavy atom.